The van der Waals surface area contributed by atoms with Gasteiger partial charge in [0.15, 0.2) is 11.5 Å². The van der Waals surface area contributed by atoms with Crippen LogP contribution in [0.15, 0.2) is 24.4 Å². The number of nitrogens with zero attached hydrogens (tertiary/aromatic N) is 3. The van der Waals surface area contributed by atoms with Crippen molar-refractivity contribution < 1.29 is 4.79 Å². The van der Waals surface area contributed by atoms with Gasteiger partial charge in [0, 0.05) is 6.20 Å². The first-order valence-electron chi connectivity index (χ1n) is 6.14. The molecule has 1 aliphatic rings. The summed E-state index contributed by atoms with van der Waals surface area (Å²) in [6.07, 6.45) is 3.86. The molecule has 1 atom stereocenters. The van der Waals surface area contributed by atoms with E-state index in [1.54, 1.807) is 0 Å². The molecule has 0 aromatic carbocycles. The molecule has 18 heavy (non-hydrogen) atoms. The third kappa shape index (κ3) is 2.06. The summed E-state index contributed by atoms with van der Waals surface area (Å²) in [6.45, 7) is 1.33. The zero-order valence-corrected chi connectivity index (χ0v) is 9.97. The van der Waals surface area contributed by atoms with Gasteiger partial charge in [0.25, 0.3) is 0 Å². The zero-order valence-electron chi connectivity index (χ0n) is 9.97. The quantitative estimate of drug-likeness (QED) is 0.804. The lowest BCUT2D eigenvalue weighted by Crippen LogP contribution is -2.40. The number of pyridine rings is 1. The molecule has 3 rings (SSSR count). The number of hydrogen-bond acceptors (Lipinski definition) is 4. The lowest BCUT2D eigenvalue weighted by atomic mass is 10.2. The van der Waals surface area contributed by atoms with Crippen LogP contribution in [-0.2, 0) is 11.3 Å². The van der Waals surface area contributed by atoms with Gasteiger partial charge in [-0.05, 0) is 31.5 Å². The molecule has 6 heteroatoms. The van der Waals surface area contributed by atoms with E-state index in [1.807, 2.05) is 28.8 Å². The highest BCUT2D eigenvalue weighted by Crippen LogP contribution is 2.06. The first-order valence-corrected chi connectivity index (χ1v) is 6.14. The molecule has 1 aliphatic heterocycles. The minimum atomic E-state index is -0.0517. The number of carbonyl (C=O) groups excluding carboxylic acids is 1. The summed E-state index contributed by atoms with van der Waals surface area (Å²) in [7, 11) is 0. The van der Waals surface area contributed by atoms with Gasteiger partial charge in [-0.1, -0.05) is 6.07 Å². The summed E-state index contributed by atoms with van der Waals surface area (Å²) in [5, 5.41) is 14.2. The SMILES string of the molecule is O=C(NCc1nnc2ccccn12)[C@H]1CCCN1. The van der Waals surface area contributed by atoms with Crippen molar-refractivity contribution in [2.24, 2.45) is 0 Å². The molecular weight excluding hydrogens is 230 g/mol. The number of amides is 1. The van der Waals surface area contributed by atoms with E-state index in [4.69, 9.17) is 0 Å². The number of carbonyl (C=O) groups is 1. The molecule has 0 radical (unpaired) electrons. The molecule has 0 bridgehead atoms. The average molecular weight is 245 g/mol. The van der Waals surface area contributed by atoms with Gasteiger partial charge >= 0.3 is 0 Å². The Morgan fingerprint density at radius 3 is 3.28 bits per heavy atom. The van der Waals surface area contributed by atoms with Crippen LogP contribution in [0, 0.1) is 0 Å². The van der Waals surface area contributed by atoms with Crippen molar-refractivity contribution in [3.05, 3.63) is 30.2 Å². The summed E-state index contributed by atoms with van der Waals surface area (Å²) >= 11 is 0. The molecule has 6 nitrogen and oxygen atoms in total. The Morgan fingerprint density at radius 2 is 2.44 bits per heavy atom. The minimum absolute atomic E-state index is 0.0418. The number of rotatable bonds is 3. The highest BCUT2D eigenvalue weighted by Gasteiger charge is 2.21. The molecule has 0 aliphatic carbocycles. The fourth-order valence-electron chi connectivity index (χ4n) is 2.21. The van der Waals surface area contributed by atoms with E-state index < -0.39 is 0 Å². The molecule has 1 amide bonds. The Balaban J connectivity index is 1.67. The number of fused-ring (bicyclic) bond motifs is 1. The van der Waals surface area contributed by atoms with Crippen molar-refractivity contribution >= 4 is 11.6 Å². The van der Waals surface area contributed by atoms with E-state index in [2.05, 4.69) is 20.8 Å². The molecule has 2 N–H and O–H groups in total. The van der Waals surface area contributed by atoms with Crippen LogP contribution in [-0.4, -0.2) is 33.1 Å². The molecule has 2 aromatic rings. The fourth-order valence-corrected chi connectivity index (χ4v) is 2.21. The Hall–Kier alpha value is -1.95. The zero-order chi connectivity index (χ0) is 12.4. The van der Waals surface area contributed by atoms with E-state index in [1.165, 1.54) is 0 Å². The highest BCUT2D eigenvalue weighted by molar-refractivity contribution is 5.81. The molecular formula is C12H15N5O. The van der Waals surface area contributed by atoms with Crippen LogP contribution in [0.1, 0.15) is 18.7 Å². The normalized spacial score (nSPS) is 19.2. The lowest BCUT2D eigenvalue weighted by Gasteiger charge is -2.10. The molecule has 94 valence electrons. The van der Waals surface area contributed by atoms with Crippen molar-refractivity contribution in [1.82, 2.24) is 25.2 Å². The van der Waals surface area contributed by atoms with E-state index >= 15 is 0 Å². The van der Waals surface area contributed by atoms with Gasteiger partial charge in [0.2, 0.25) is 5.91 Å². The Labute approximate surface area is 104 Å². The predicted molar refractivity (Wildman–Crippen MR) is 65.9 cm³/mol. The van der Waals surface area contributed by atoms with Crippen LogP contribution in [0.25, 0.3) is 5.65 Å². The molecule has 0 unspecified atom stereocenters. The molecule has 3 heterocycles. The molecule has 0 spiro atoms. The summed E-state index contributed by atoms with van der Waals surface area (Å²) in [6, 6.07) is 5.66. The predicted octanol–water partition coefficient (Wildman–Crippen LogP) is 0.0975. The first-order chi connectivity index (χ1) is 8.84. The third-order valence-electron chi connectivity index (χ3n) is 3.18. The molecule has 0 saturated carbocycles. The van der Waals surface area contributed by atoms with Crippen LogP contribution in [0.4, 0.5) is 0 Å². The van der Waals surface area contributed by atoms with Crippen molar-refractivity contribution in [1.29, 1.82) is 0 Å². The Bertz CT molecular complexity index is 558. The summed E-state index contributed by atoms with van der Waals surface area (Å²) in [5.41, 5.74) is 0.792. The monoisotopic (exact) mass is 245 g/mol. The fraction of sp³-hybridized carbons (Fsp3) is 0.417. The maximum absolute atomic E-state index is 11.8. The topological polar surface area (TPSA) is 71.3 Å². The van der Waals surface area contributed by atoms with Crippen LogP contribution in [0.3, 0.4) is 0 Å². The van der Waals surface area contributed by atoms with Crippen LogP contribution >= 0.6 is 0 Å². The van der Waals surface area contributed by atoms with Crippen LogP contribution < -0.4 is 10.6 Å². The molecule has 1 fully saturated rings. The van der Waals surface area contributed by atoms with E-state index in [0.29, 0.717) is 6.54 Å². The van der Waals surface area contributed by atoms with Crippen molar-refractivity contribution in [2.45, 2.75) is 25.4 Å². The van der Waals surface area contributed by atoms with Crippen LogP contribution in [0.5, 0.6) is 0 Å². The molecule has 2 aromatic heterocycles. The van der Waals surface area contributed by atoms with Gasteiger partial charge < -0.3 is 10.6 Å². The van der Waals surface area contributed by atoms with E-state index in [9.17, 15) is 4.79 Å². The number of nitrogens with one attached hydrogen (secondary N) is 2. The average Bonchev–Trinajstić information content (AvgIpc) is 3.06. The standard InChI is InChI=1S/C12H15N5O/c18-12(9-4-3-6-13-9)14-8-11-16-15-10-5-1-2-7-17(10)11/h1-2,5,7,9,13H,3-4,6,8H2,(H,14,18)/t9-/m1/s1. The van der Waals surface area contributed by atoms with Crippen molar-refractivity contribution in [2.75, 3.05) is 6.54 Å². The van der Waals surface area contributed by atoms with Gasteiger partial charge in [-0.25, -0.2) is 0 Å². The Kier molecular flexibility index (Phi) is 2.93. The highest BCUT2D eigenvalue weighted by atomic mass is 16.2. The summed E-state index contributed by atoms with van der Waals surface area (Å²) in [5.74, 6) is 0.789. The van der Waals surface area contributed by atoms with Gasteiger partial charge in [-0.15, -0.1) is 10.2 Å². The van der Waals surface area contributed by atoms with Gasteiger partial charge in [0.05, 0.1) is 12.6 Å². The van der Waals surface area contributed by atoms with Crippen molar-refractivity contribution in [3.63, 3.8) is 0 Å². The number of aromatic nitrogens is 3. The van der Waals surface area contributed by atoms with Gasteiger partial charge in [-0.3, -0.25) is 9.20 Å². The van der Waals surface area contributed by atoms with E-state index in [-0.39, 0.29) is 11.9 Å². The number of hydrogen-bond donors (Lipinski definition) is 2. The van der Waals surface area contributed by atoms with Crippen LogP contribution in [0.2, 0.25) is 0 Å². The Morgan fingerprint density at radius 1 is 1.50 bits per heavy atom. The third-order valence-corrected chi connectivity index (χ3v) is 3.18. The summed E-state index contributed by atoms with van der Waals surface area (Å²) < 4.78 is 1.88. The second-order valence-corrected chi connectivity index (χ2v) is 4.41. The minimum Gasteiger partial charge on any atom is -0.347 e. The van der Waals surface area contributed by atoms with Gasteiger partial charge in [0.1, 0.15) is 0 Å². The maximum atomic E-state index is 11.8. The van der Waals surface area contributed by atoms with Gasteiger partial charge in [-0.2, -0.15) is 0 Å². The lowest BCUT2D eigenvalue weighted by molar-refractivity contribution is -0.123. The maximum Gasteiger partial charge on any atom is 0.237 e. The first kappa shape index (κ1) is 11.2. The second-order valence-electron chi connectivity index (χ2n) is 4.41. The molecule has 1 saturated heterocycles. The summed E-state index contributed by atoms with van der Waals surface area (Å²) in [4.78, 5) is 11.8. The smallest absolute Gasteiger partial charge is 0.237 e. The van der Waals surface area contributed by atoms with Crippen molar-refractivity contribution in [3.8, 4) is 0 Å². The van der Waals surface area contributed by atoms with E-state index in [0.717, 1.165) is 30.9 Å². The second kappa shape index (κ2) is 4.73. The largest absolute Gasteiger partial charge is 0.347 e.